The van der Waals surface area contributed by atoms with Crippen molar-refractivity contribution in [3.8, 4) is 0 Å². The van der Waals surface area contributed by atoms with Crippen molar-refractivity contribution in [2.75, 3.05) is 12.9 Å². The lowest BCUT2D eigenvalue weighted by Crippen LogP contribution is -2.41. The maximum atomic E-state index is 11.4. The minimum atomic E-state index is -3.83. The Balaban J connectivity index is 4.45. The highest BCUT2D eigenvalue weighted by Gasteiger charge is 2.23. The number of hydrogen-bond donors (Lipinski definition) is 2. The van der Waals surface area contributed by atoms with E-state index >= 15 is 0 Å². The highest BCUT2D eigenvalue weighted by molar-refractivity contribution is 7.89. The molecule has 0 aromatic carbocycles. The van der Waals surface area contributed by atoms with Crippen LogP contribution in [0.15, 0.2) is 12.7 Å². The minimum absolute atomic E-state index is 0.0349. The highest BCUT2D eigenvalue weighted by Crippen LogP contribution is 1.99. The molecule has 0 heterocycles. The van der Waals surface area contributed by atoms with Gasteiger partial charge in [-0.3, -0.25) is 9.59 Å². The van der Waals surface area contributed by atoms with Crippen LogP contribution in [0.3, 0.4) is 0 Å². The van der Waals surface area contributed by atoms with E-state index in [4.69, 9.17) is 5.11 Å². The Morgan fingerprint density at radius 1 is 1.53 bits per heavy atom. The van der Waals surface area contributed by atoms with Gasteiger partial charge in [-0.25, -0.2) is 13.1 Å². The third kappa shape index (κ3) is 6.69. The largest absolute Gasteiger partial charge is 0.480 e. The molecule has 0 fully saturated rings. The van der Waals surface area contributed by atoms with Crippen molar-refractivity contribution >= 4 is 22.0 Å². The quantitative estimate of drug-likeness (QED) is 0.452. The standard InChI is InChI=1S/C9H15NO6S/c1-3-4-7(9(12)13)10-17(14,15)6-5-8(11)16-2/h3,7,10H,1,4-6H2,2H3,(H,12,13). The van der Waals surface area contributed by atoms with Crippen LogP contribution < -0.4 is 4.72 Å². The van der Waals surface area contributed by atoms with Gasteiger partial charge in [0.15, 0.2) is 0 Å². The van der Waals surface area contributed by atoms with Gasteiger partial charge >= 0.3 is 11.9 Å². The maximum Gasteiger partial charge on any atom is 0.322 e. The van der Waals surface area contributed by atoms with Crippen molar-refractivity contribution in [2.24, 2.45) is 0 Å². The average molecular weight is 265 g/mol. The fraction of sp³-hybridized carbons (Fsp3) is 0.556. The van der Waals surface area contributed by atoms with Gasteiger partial charge in [0.05, 0.1) is 19.3 Å². The van der Waals surface area contributed by atoms with Crippen molar-refractivity contribution in [3.63, 3.8) is 0 Å². The molecule has 0 aromatic rings. The fourth-order valence-electron chi connectivity index (χ4n) is 0.961. The molecule has 0 amide bonds. The van der Waals surface area contributed by atoms with Crippen LogP contribution in [0.25, 0.3) is 0 Å². The third-order valence-corrected chi connectivity index (χ3v) is 3.21. The Morgan fingerprint density at radius 2 is 2.12 bits per heavy atom. The predicted molar refractivity (Wildman–Crippen MR) is 59.8 cm³/mol. The molecule has 1 unspecified atom stereocenters. The average Bonchev–Trinajstić information content (AvgIpc) is 2.25. The molecule has 0 aliphatic heterocycles. The number of aliphatic carboxylic acids is 1. The molecule has 0 aliphatic carbocycles. The molecule has 0 aliphatic rings. The summed E-state index contributed by atoms with van der Waals surface area (Å²) in [5, 5.41) is 8.72. The minimum Gasteiger partial charge on any atom is -0.480 e. The zero-order valence-electron chi connectivity index (χ0n) is 9.38. The molecule has 8 heteroatoms. The van der Waals surface area contributed by atoms with E-state index in [2.05, 4.69) is 11.3 Å². The van der Waals surface area contributed by atoms with Gasteiger partial charge in [0.1, 0.15) is 6.04 Å². The molecule has 0 aromatic heterocycles. The van der Waals surface area contributed by atoms with Crippen molar-refractivity contribution in [3.05, 3.63) is 12.7 Å². The van der Waals surface area contributed by atoms with E-state index in [0.717, 1.165) is 7.11 Å². The second kappa shape index (κ2) is 7.02. The first-order chi connectivity index (χ1) is 7.82. The zero-order valence-corrected chi connectivity index (χ0v) is 10.2. The second-order valence-electron chi connectivity index (χ2n) is 3.18. The van der Waals surface area contributed by atoms with Gasteiger partial charge in [-0.05, 0) is 6.42 Å². The third-order valence-electron chi connectivity index (χ3n) is 1.82. The van der Waals surface area contributed by atoms with E-state index in [-0.39, 0.29) is 12.8 Å². The van der Waals surface area contributed by atoms with Crippen molar-refractivity contribution in [2.45, 2.75) is 18.9 Å². The van der Waals surface area contributed by atoms with E-state index in [0.29, 0.717) is 0 Å². The van der Waals surface area contributed by atoms with Crippen LogP contribution >= 0.6 is 0 Å². The summed E-state index contributed by atoms with van der Waals surface area (Å²) in [7, 11) is -2.69. The van der Waals surface area contributed by atoms with Gasteiger partial charge < -0.3 is 9.84 Å². The molecule has 0 rings (SSSR count). The number of nitrogens with one attached hydrogen (secondary N) is 1. The number of methoxy groups -OCH3 is 1. The Hall–Kier alpha value is -1.41. The first-order valence-electron chi connectivity index (χ1n) is 4.73. The normalized spacial score (nSPS) is 12.8. The summed E-state index contributed by atoms with van der Waals surface area (Å²) in [6, 6.07) is -1.27. The van der Waals surface area contributed by atoms with Crippen LogP contribution in [0, 0.1) is 0 Å². The van der Waals surface area contributed by atoms with Crippen molar-refractivity contribution < 1.29 is 27.9 Å². The number of ether oxygens (including phenoxy) is 1. The van der Waals surface area contributed by atoms with E-state index in [9.17, 15) is 18.0 Å². The molecule has 0 spiro atoms. The fourth-order valence-corrected chi connectivity index (χ4v) is 2.15. The topological polar surface area (TPSA) is 110 Å². The van der Waals surface area contributed by atoms with Crippen LogP contribution in [0.4, 0.5) is 0 Å². The van der Waals surface area contributed by atoms with E-state index in [1.165, 1.54) is 6.08 Å². The van der Waals surface area contributed by atoms with E-state index in [1.54, 1.807) is 0 Å². The number of sulfonamides is 1. The van der Waals surface area contributed by atoms with Gasteiger partial charge in [0.25, 0.3) is 0 Å². The summed E-state index contributed by atoms with van der Waals surface area (Å²) in [6.45, 7) is 3.33. The predicted octanol–water partition coefficient (Wildman–Crippen LogP) is -0.502. The Kier molecular flexibility index (Phi) is 6.44. The summed E-state index contributed by atoms with van der Waals surface area (Å²) in [6.07, 6.45) is 0.931. The van der Waals surface area contributed by atoms with Crippen LogP contribution in [-0.4, -0.2) is 44.4 Å². The molecule has 1 atom stereocenters. The van der Waals surface area contributed by atoms with E-state index in [1.807, 2.05) is 4.72 Å². The molecule has 2 N–H and O–H groups in total. The molecule has 98 valence electrons. The van der Waals surface area contributed by atoms with Gasteiger partial charge in [0.2, 0.25) is 10.0 Å². The molecule has 0 saturated carbocycles. The first-order valence-corrected chi connectivity index (χ1v) is 6.38. The molecule has 17 heavy (non-hydrogen) atoms. The van der Waals surface area contributed by atoms with Crippen LogP contribution in [0.5, 0.6) is 0 Å². The van der Waals surface area contributed by atoms with Crippen LogP contribution in [-0.2, 0) is 24.3 Å². The lowest BCUT2D eigenvalue weighted by Gasteiger charge is -2.12. The van der Waals surface area contributed by atoms with Crippen LogP contribution in [0.1, 0.15) is 12.8 Å². The smallest absolute Gasteiger partial charge is 0.322 e. The monoisotopic (exact) mass is 265 g/mol. The Morgan fingerprint density at radius 3 is 2.53 bits per heavy atom. The van der Waals surface area contributed by atoms with Crippen molar-refractivity contribution in [1.82, 2.24) is 4.72 Å². The summed E-state index contributed by atoms with van der Waals surface area (Å²) in [5.41, 5.74) is 0. The molecule has 0 saturated heterocycles. The Bertz CT molecular complexity index is 388. The number of hydrogen-bond acceptors (Lipinski definition) is 5. The Labute approximate surface area is 99.5 Å². The number of carboxylic acids is 1. The number of carbonyl (C=O) groups excluding carboxylic acids is 1. The lowest BCUT2D eigenvalue weighted by molar-refractivity contribution is -0.140. The first kappa shape index (κ1) is 15.6. The van der Waals surface area contributed by atoms with E-state index < -0.39 is 33.8 Å². The van der Waals surface area contributed by atoms with Gasteiger partial charge in [-0.1, -0.05) is 6.08 Å². The zero-order chi connectivity index (χ0) is 13.5. The maximum absolute atomic E-state index is 11.4. The second-order valence-corrected chi connectivity index (χ2v) is 5.05. The number of carboxylic acid groups (broad SMARTS) is 1. The van der Waals surface area contributed by atoms with Crippen molar-refractivity contribution in [1.29, 1.82) is 0 Å². The van der Waals surface area contributed by atoms with Gasteiger partial charge in [0, 0.05) is 0 Å². The molecule has 7 nitrogen and oxygen atoms in total. The van der Waals surface area contributed by atoms with Gasteiger partial charge in [-0.2, -0.15) is 0 Å². The summed E-state index contributed by atoms with van der Waals surface area (Å²) < 4.78 is 29.1. The molecule has 0 bridgehead atoms. The molecular weight excluding hydrogens is 250 g/mol. The number of carbonyl (C=O) groups is 2. The van der Waals surface area contributed by atoms with Crippen LogP contribution in [0.2, 0.25) is 0 Å². The number of esters is 1. The number of rotatable bonds is 8. The molecular formula is C9H15NO6S. The lowest BCUT2D eigenvalue weighted by atomic mass is 10.2. The SMILES string of the molecule is C=CCC(NS(=O)(=O)CCC(=O)OC)C(=O)O. The summed E-state index contributed by atoms with van der Waals surface area (Å²) >= 11 is 0. The molecule has 0 radical (unpaired) electrons. The highest BCUT2D eigenvalue weighted by atomic mass is 32.2. The van der Waals surface area contributed by atoms with Gasteiger partial charge in [-0.15, -0.1) is 6.58 Å². The summed E-state index contributed by atoms with van der Waals surface area (Å²) in [4.78, 5) is 21.5. The summed E-state index contributed by atoms with van der Waals surface area (Å²) in [5.74, 6) is -2.49.